The summed E-state index contributed by atoms with van der Waals surface area (Å²) in [6, 6.07) is 14.0. The van der Waals surface area contributed by atoms with E-state index in [9.17, 15) is 0 Å². The molecular formula is C17H19N3O. The van der Waals surface area contributed by atoms with Gasteiger partial charge in [-0.25, -0.2) is 0 Å². The topological polar surface area (TPSA) is 52.5 Å². The second-order valence-corrected chi connectivity index (χ2v) is 4.89. The van der Waals surface area contributed by atoms with E-state index in [0.717, 1.165) is 29.9 Å². The first-order valence-electron chi connectivity index (χ1n) is 7.25. The van der Waals surface area contributed by atoms with Crippen molar-refractivity contribution in [3.8, 4) is 11.6 Å². The number of fused-ring (bicyclic) bond motifs is 1. The lowest BCUT2D eigenvalue weighted by Gasteiger charge is -2.09. The summed E-state index contributed by atoms with van der Waals surface area (Å²) in [5.74, 6) is 1.51. The highest BCUT2D eigenvalue weighted by atomic mass is 16.5. The smallest absolute Gasteiger partial charge is 0.241 e. The lowest BCUT2D eigenvalue weighted by molar-refractivity contribution is 0.454. The van der Waals surface area contributed by atoms with Crippen LogP contribution in [0.25, 0.3) is 5.65 Å². The number of imidazole rings is 1. The van der Waals surface area contributed by atoms with Crippen molar-refractivity contribution in [2.75, 3.05) is 6.54 Å². The Balaban J connectivity index is 2.05. The number of aromatic nitrogens is 2. The summed E-state index contributed by atoms with van der Waals surface area (Å²) in [6.45, 7) is 2.68. The van der Waals surface area contributed by atoms with Crippen molar-refractivity contribution in [2.45, 2.75) is 19.8 Å². The molecule has 2 N–H and O–H groups in total. The Morgan fingerprint density at radius 2 is 1.95 bits per heavy atom. The van der Waals surface area contributed by atoms with Crippen molar-refractivity contribution in [3.05, 3.63) is 59.9 Å². The van der Waals surface area contributed by atoms with E-state index in [1.165, 1.54) is 5.56 Å². The SMILES string of the molecule is CCc1ccccc1Oc1nc2ccccn2c1CCN. The molecule has 2 aromatic heterocycles. The number of hydrogen-bond acceptors (Lipinski definition) is 3. The summed E-state index contributed by atoms with van der Waals surface area (Å²) < 4.78 is 8.12. The van der Waals surface area contributed by atoms with Crippen LogP contribution in [0.3, 0.4) is 0 Å². The van der Waals surface area contributed by atoms with E-state index in [1.807, 2.05) is 47.0 Å². The fourth-order valence-electron chi connectivity index (χ4n) is 2.47. The van der Waals surface area contributed by atoms with E-state index in [1.54, 1.807) is 0 Å². The Kier molecular flexibility index (Phi) is 3.88. The quantitative estimate of drug-likeness (QED) is 0.781. The number of nitrogens with zero attached hydrogens (tertiary/aromatic N) is 2. The van der Waals surface area contributed by atoms with Gasteiger partial charge in [0, 0.05) is 12.6 Å². The van der Waals surface area contributed by atoms with Crippen LogP contribution in [0.15, 0.2) is 48.7 Å². The van der Waals surface area contributed by atoms with Gasteiger partial charge >= 0.3 is 0 Å². The first-order chi connectivity index (χ1) is 10.3. The molecule has 108 valence electrons. The number of ether oxygens (including phenoxy) is 1. The van der Waals surface area contributed by atoms with Crippen molar-refractivity contribution < 1.29 is 4.74 Å². The summed E-state index contributed by atoms with van der Waals surface area (Å²) in [5, 5.41) is 0. The molecule has 0 atom stereocenters. The monoisotopic (exact) mass is 281 g/mol. The maximum absolute atomic E-state index is 6.08. The summed E-state index contributed by atoms with van der Waals surface area (Å²) in [4.78, 5) is 4.59. The molecule has 0 saturated carbocycles. The number of pyridine rings is 1. The van der Waals surface area contributed by atoms with Crippen molar-refractivity contribution in [2.24, 2.45) is 5.73 Å². The third-order valence-electron chi connectivity index (χ3n) is 3.53. The molecule has 0 aliphatic rings. The molecule has 0 aliphatic heterocycles. The predicted molar refractivity (Wildman–Crippen MR) is 83.8 cm³/mol. The fraction of sp³-hybridized carbons (Fsp3) is 0.235. The zero-order valence-corrected chi connectivity index (χ0v) is 12.1. The molecular weight excluding hydrogens is 262 g/mol. The minimum atomic E-state index is 0.564. The maximum Gasteiger partial charge on any atom is 0.241 e. The molecule has 4 heteroatoms. The lowest BCUT2D eigenvalue weighted by Crippen LogP contribution is -2.06. The Morgan fingerprint density at radius 1 is 1.14 bits per heavy atom. The molecule has 21 heavy (non-hydrogen) atoms. The molecule has 0 amide bonds. The summed E-state index contributed by atoms with van der Waals surface area (Å²) >= 11 is 0. The molecule has 1 aromatic carbocycles. The number of nitrogens with two attached hydrogens (primary N) is 1. The Bertz CT molecular complexity index is 749. The van der Waals surface area contributed by atoms with E-state index >= 15 is 0 Å². The van der Waals surface area contributed by atoms with Gasteiger partial charge in [0.15, 0.2) is 0 Å². The molecule has 0 radical (unpaired) electrons. The van der Waals surface area contributed by atoms with Crippen molar-refractivity contribution in [1.82, 2.24) is 9.38 Å². The Morgan fingerprint density at radius 3 is 2.76 bits per heavy atom. The van der Waals surface area contributed by atoms with E-state index < -0.39 is 0 Å². The second kappa shape index (κ2) is 5.97. The number of benzene rings is 1. The van der Waals surface area contributed by atoms with Gasteiger partial charge < -0.3 is 14.9 Å². The van der Waals surface area contributed by atoms with E-state index in [2.05, 4.69) is 18.0 Å². The molecule has 0 saturated heterocycles. The van der Waals surface area contributed by atoms with Gasteiger partial charge in [-0.3, -0.25) is 0 Å². The van der Waals surface area contributed by atoms with Gasteiger partial charge in [0.25, 0.3) is 0 Å². The molecule has 0 fully saturated rings. The fourth-order valence-corrected chi connectivity index (χ4v) is 2.47. The normalized spacial score (nSPS) is 11.0. The number of rotatable bonds is 5. The minimum Gasteiger partial charge on any atom is -0.437 e. The highest BCUT2D eigenvalue weighted by Crippen LogP contribution is 2.28. The third-order valence-corrected chi connectivity index (χ3v) is 3.53. The molecule has 0 unspecified atom stereocenters. The van der Waals surface area contributed by atoms with Crippen molar-refractivity contribution in [1.29, 1.82) is 0 Å². The molecule has 0 bridgehead atoms. The van der Waals surface area contributed by atoms with Crippen LogP contribution in [0.1, 0.15) is 18.2 Å². The van der Waals surface area contributed by atoms with Crippen LogP contribution in [0.2, 0.25) is 0 Å². The van der Waals surface area contributed by atoms with Crippen LogP contribution in [-0.4, -0.2) is 15.9 Å². The number of aryl methyl sites for hydroxylation is 1. The standard InChI is InChI=1S/C17H19N3O/c1-2-13-7-3-4-8-15(13)21-17-14(10-11-18)20-12-6-5-9-16(20)19-17/h3-9,12H,2,10-11,18H2,1H3. The van der Waals surface area contributed by atoms with Gasteiger partial charge in [0.2, 0.25) is 5.88 Å². The van der Waals surface area contributed by atoms with Crippen molar-refractivity contribution >= 4 is 5.65 Å². The van der Waals surface area contributed by atoms with Crippen LogP contribution < -0.4 is 10.5 Å². The average Bonchev–Trinajstić information content (AvgIpc) is 2.86. The highest BCUT2D eigenvalue weighted by molar-refractivity contribution is 5.47. The van der Waals surface area contributed by atoms with Gasteiger partial charge in [-0.2, -0.15) is 4.98 Å². The molecule has 4 nitrogen and oxygen atoms in total. The van der Waals surface area contributed by atoms with Gasteiger partial charge in [-0.05, 0) is 36.7 Å². The second-order valence-electron chi connectivity index (χ2n) is 4.89. The van der Waals surface area contributed by atoms with Crippen LogP contribution in [0.5, 0.6) is 11.6 Å². The number of hydrogen-bond donors (Lipinski definition) is 1. The van der Waals surface area contributed by atoms with Gasteiger partial charge in [0.05, 0.1) is 5.69 Å². The van der Waals surface area contributed by atoms with Crippen LogP contribution >= 0.6 is 0 Å². The summed E-state index contributed by atoms with van der Waals surface area (Å²) in [5.41, 5.74) is 8.80. The first-order valence-corrected chi connectivity index (χ1v) is 7.25. The Hall–Kier alpha value is -2.33. The van der Waals surface area contributed by atoms with Gasteiger partial charge in [-0.1, -0.05) is 31.2 Å². The largest absolute Gasteiger partial charge is 0.437 e. The first kappa shape index (κ1) is 13.6. The van der Waals surface area contributed by atoms with Crippen LogP contribution in [0.4, 0.5) is 0 Å². The van der Waals surface area contributed by atoms with E-state index in [-0.39, 0.29) is 0 Å². The van der Waals surface area contributed by atoms with Gasteiger partial charge in [0.1, 0.15) is 11.4 Å². The third kappa shape index (κ3) is 2.62. The predicted octanol–water partition coefficient (Wildman–Crippen LogP) is 3.19. The summed E-state index contributed by atoms with van der Waals surface area (Å²) in [6.07, 6.45) is 3.65. The number of para-hydroxylation sites is 1. The highest BCUT2D eigenvalue weighted by Gasteiger charge is 2.14. The zero-order valence-electron chi connectivity index (χ0n) is 12.1. The average molecular weight is 281 g/mol. The summed E-state index contributed by atoms with van der Waals surface area (Å²) in [7, 11) is 0. The van der Waals surface area contributed by atoms with E-state index in [0.29, 0.717) is 12.4 Å². The van der Waals surface area contributed by atoms with Crippen molar-refractivity contribution in [3.63, 3.8) is 0 Å². The maximum atomic E-state index is 6.08. The zero-order chi connectivity index (χ0) is 14.7. The molecule has 0 spiro atoms. The minimum absolute atomic E-state index is 0.564. The van der Waals surface area contributed by atoms with Crippen LogP contribution in [-0.2, 0) is 12.8 Å². The van der Waals surface area contributed by atoms with Gasteiger partial charge in [-0.15, -0.1) is 0 Å². The van der Waals surface area contributed by atoms with E-state index in [4.69, 9.17) is 10.5 Å². The molecule has 0 aliphatic carbocycles. The molecule has 2 heterocycles. The molecule has 3 aromatic rings. The van der Waals surface area contributed by atoms with Crippen LogP contribution in [0, 0.1) is 0 Å². The Labute approximate surface area is 124 Å². The molecule has 3 rings (SSSR count). The lowest BCUT2D eigenvalue weighted by atomic mass is 10.1.